The van der Waals surface area contributed by atoms with Crippen LogP contribution in [0.5, 0.6) is 0 Å². The Morgan fingerprint density at radius 2 is 1.67 bits per heavy atom. The van der Waals surface area contributed by atoms with Crippen molar-refractivity contribution in [3.63, 3.8) is 0 Å². The lowest BCUT2D eigenvalue weighted by Gasteiger charge is -2.40. The molecule has 1 fully saturated rings. The fourth-order valence-electron chi connectivity index (χ4n) is 2.86. The summed E-state index contributed by atoms with van der Waals surface area (Å²) in [5.74, 6) is -0.971. The Hall–Kier alpha value is -1.51. The maximum atomic E-state index is 11.5. The molecule has 0 aromatic heterocycles. The number of carbonyl (C=O) groups excluding carboxylic acids is 1. The molecular formula is C15H20NO2-. The minimum Gasteiger partial charge on any atom is -0.548 e. The molecule has 1 aliphatic rings. The first kappa shape index (κ1) is 12.9. The zero-order chi connectivity index (χ0) is 13.2. The number of hydrogen-bond donors (Lipinski definition) is 1. The van der Waals surface area contributed by atoms with Crippen molar-refractivity contribution in [2.24, 2.45) is 0 Å². The van der Waals surface area contributed by atoms with Crippen LogP contribution in [-0.4, -0.2) is 11.5 Å². The second-order valence-electron chi connectivity index (χ2n) is 5.43. The van der Waals surface area contributed by atoms with E-state index in [0.29, 0.717) is 12.8 Å². The van der Waals surface area contributed by atoms with Crippen LogP contribution in [0.1, 0.15) is 43.2 Å². The van der Waals surface area contributed by atoms with Crippen molar-refractivity contribution in [3.05, 3.63) is 29.3 Å². The van der Waals surface area contributed by atoms with Gasteiger partial charge in [-0.3, -0.25) is 0 Å². The fraction of sp³-hybridized carbons (Fsp3) is 0.533. The molecule has 2 rings (SSSR count). The largest absolute Gasteiger partial charge is 0.548 e. The van der Waals surface area contributed by atoms with Crippen molar-refractivity contribution >= 4 is 11.7 Å². The number of carboxylic acids is 1. The molecule has 3 nitrogen and oxygen atoms in total. The Bertz CT molecular complexity index is 428. The van der Waals surface area contributed by atoms with Crippen LogP contribution < -0.4 is 10.4 Å². The highest BCUT2D eigenvalue weighted by Gasteiger charge is 2.33. The second kappa shape index (κ2) is 5.01. The molecule has 0 atom stereocenters. The number of carboxylic acid groups (broad SMARTS) is 1. The van der Waals surface area contributed by atoms with Gasteiger partial charge in [-0.1, -0.05) is 25.3 Å². The van der Waals surface area contributed by atoms with Gasteiger partial charge in [0.25, 0.3) is 0 Å². The molecule has 0 heterocycles. The lowest BCUT2D eigenvalue weighted by molar-refractivity contribution is -0.313. The summed E-state index contributed by atoms with van der Waals surface area (Å²) < 4.78 is 0. The van der Waals surface area contributed by atoms with Gasteiger partial charge in [-0.25, -0.2) is 0 Å². The third-order valence-corrected chi connectivity index (χ3v) is 3.70. The van der Waals surface area contributed by atoms with Crippen LogP contribution in [0.3, 0.4) is 0 Å². The smallest absolute Gasteiger partial charge is 0.0769 e. The maximum Gasteiger partial charge on any atom is 0.0769 e. The molecule has 3 heteroatoms. The summed E-state index contributed by atoms with van der Waals surface area (Å²) in [6, 6.07) is 6.07. The van der Waals surface area contributed by atoms with Crippen LogP contribution in [-0.2, 0) is 4.79 Å². The molecule has 0 saturated heterocycles. The highest BCUT2D eigenvalue weighted by atomic mass is 16.4. The molecule has 0 unspecified atom stereocenters. The molecule has 98 valence electrons. The predicted octanol–water partition coefficient (Wildman–Crippen LogP) is 2.17. The summed E-state index contributed by atoms with van der Waals surface area (Å²) in [7, 11) is 0. The van der Waals surface area contributed by atoms with Gasteiger partial charge in [-0.2, -0.15) is 0 Å². The van der Waals surface area contributed by atoms with Gasteiger partial charge in [0.1, 0.15) is 0 Å². The highest BCUT2D eigenvalue weighted by Crippen LogP contribution is 2.31. The van der Waals surface area contributed by atoms with Crippen molar-refractivity contribution in [1.82, 2.24) is 0 Å². The van der Waals surface area contributed by atoms with E-state index in [1.165, 1.54) is 0 Å². The number of benzene rings is 1. The molecular weight excluding hydrogens is 226 g/mol. The molecule has 1 aromatic carbocycles. The second-order valence-corrected chi connectivity index (χ2v) is 5.43. The highest BCUT2D eigenvalue weighted by molar-refractivity contribution is 5.81. The first-order valence-electron chi connectivity index (χ1n) is 6.60. The summed E-state index contributed by atoms with van der Waals surface area (Å²) in [4.78, 5) is 11.5. The minimum absolute atomic E-state index is 0.655. The van der Waals surface area contributed by atoms with E-state index in [9.17, 15) is 9.90 Å². The van der Waals surface area contributed by atoms with Crippen molar-refractivity contribution in [2.75, 3.05) is 5.32 Å². The van der Waals surface area contributed by atoms with E-state index in [2.05, 4.69) is 11.4 Å². The van der Waals surface area contributed by atoms with E-state index in [0.717, 1.165) is 36.1 Å². The van der Waals surface area contributed by atoms with Crippen LogP contribution in [0.2, 0.25) is 0 Å². The van der Waals surface area contributed by atoms with Gasteiger partial charge >= 0.3 is 0 Å². The van der Waals surface area contributed by atoms with E-state index >= 15 is 0 Å². The number of aryl methyl sites for hydroxylation is 2. The van der Waals surface area contributed by atoms with Crippen molar-refractivity contribution in [1.29, 1.82) is 0 Å². The number of anilines is 1. The normalized spacial score (nSPS) is 18.3. The van der Waals surface area contributed by atoms with E-state index in [-0.39, 0.29) is 0 Å². The minimum atomic E-state index is -0.971. The van der Waals surface area contributed by atoms with Gasteiger partial charge in [-0.15, -0.1) is 0 Å². The summed E-state index contributed by atoms with van der Waals surface area (Å²) in [6.07, 6.45) is 4.33. The molecule has 0 aliphatic heterocycles. The van der Waals surface area contributed by atoms with Crippen LogP contribution in [0.4, 0.5) is 5.69 Å². The third kappa shape index (κ3) is 2.66. The molecule has 1 saturated carbocycles. The standard InChI is InChI=1S/C15H21NO2/c1-11-8-12(2)10-13(9-11)16-15(14(17)18)6-4-3-5-7-15/h8-10,16H,3-7H2,1-2H3,(H,17,18)/p-1. The number of rotatable bonds is 3. The van der Waals surface area contributed by atoms with Gasteiger partial charge < -0.3 is 15.2 Å². The SMILES string of the molecule is Cc1cc(C)cc(NC2(C(=O)[O-])CCCCC2)c1. The first-order chi connectivity index (χ1) is 8.52. The van der Waals surface area contributed by atoms with Crippen LogP contribution in [0, 0.1) is 13.8 Å². The Kier molecular flexibility index (Phi) is 3.60. The van der Waals surface area contributed by atoms with Crippen LogP contribution >= 0.6 is 0 Å². The Morgan fingerprint density at radius 1 is 1.11 bits per heavy atom. The molecule has 18 heavy (non-hydrogen) atoms. The number of carbonyl (C=O) groups is 1. The maximum absolute atomic E-state index is 11.5. The van der Waals surface area contributed by atoms with E-state index < -0.39 is 11.5 Å². The van der Waals surface area contributed by atoms with Crippen molar-refractivity contribution in [3.8, 4) is 0 Å². The summed E-state index contributed by atoms with van der Waals surface area (Å²) >= 11 is 0. The van der Waals surface area contributed by atoms with Crippen LogP contribution in [0.25, 0.3) is 0 Å². The summed E-state index contributed by atoms with van der Waals surface area (Å²) in [6.45, 7) is 4.04. The molecule has 0 spiro atoms. The lowest BCUT2D eigenvalue weighted by atomic mass is 9.81. The van der Waals surface area contributed by atoms with E-state index in [1.54, 1.807) is 0 Å². The lowest BCUT2D eigenvalue weighted by Crippen LogP contribution is -2.55. The zero-order valence-corrected chi connectivity index (χ0v) is 11.1. The van der Waals surface area contributed by atoms with Crippen molar-refractivity contribution in [2.45, 2.75) is 51.5 Å². The quantitative estimate of drug-likeness (QED) is 0.889. The molecule has 0 bridgehead atoms. The Morgan fingerprint density at radius 3 is 2.17 bits per heavy atom. The van der Waals surface area contributed by atoms with Gasteiger partial charge in [0, 0.05) is 5.69 Å². The Labute approximate surface area is 108 Å². The zero-order valence-electron chi connectivity index (χ0n) is 11.1. The fourth-order valence-corrected chi connectivity index (χ4v) is 2.86. The van der Waals surface area contributed by atoms with E-state index in [4.69, 9.17) is 0 Å². The molecule has 1 N–H and O–H groups in total. The van der Waals surface area contributed by atoms with Gasteiger partial charge in [0.05, 0.1) is 11.5 Å². The number of hydrogen-bond acceptors (Lipinski definition) is 3. The van der Waals surface area contributed by atoms with Crippen molar-refractivity contribution < 1.29 is 9.90 Å². The average molecular weight is 246 g/mol. The number of aliphatic carboxylic acids is 1. The van der Waals surface area contributed by atoms with Gasteiger partial charge in [0.2, 0.25) is 0 Å². The molecule has 1 aromatic rings. The number of nitrogens with one attached hydrogen (secondary N) is 1. The summed E-state index contributed by atoms with van der Waals surface area (Å²) in [5, 5.41) is 14.7. The predicted molar refractivity (Wildman–Crippen MR) is 70.4 cm³/mol. The summed E-state index contributed by atoms with van der Waals surface area (Å²) in [5.41, 5.74) is 2.29. The molecule has 1 aliphatic carbocycles. The van der Waals surface area contributed by atoms with Gasteiger partial charge in [0.15, 0.2) is 0 Å². The monoisotopic (exact) mass is 246 g/mol. The topological polar surface area (TPSA) is 52.2 Å². The first-order valence-corrected chi connectivity index (χ1v) is 6.60. The van der Waals surface area contributed by atoms with E-state index in [1.807, 2.05) is 26.0 Å². The van der Waals surface area contributed by atoms with Crippen LogP contribution in [0.15, 0.2) is 18.2 Å². The molecule has 0 radical (unpaired) electrons. The average Bonchev–Trinajstić information content (AvgIpc) is 2.28. The molecule has 0 amide bonds. The third-order valence-electron chi connectivity index (χ3n) is 3.70. The Balaban J connectivity index is 2.25. The van der Waals surface area contributed by atoms with Gasteiger partial charge in [-0.05, 0) is 49.9 Å².